The molecule has 0 radical (unpaired) electrons. The topological polar surface area (TPSA) is 87.7 Å². The smallest absolute Gasteiger partial charge is 0.329 e. The predicted molar refractivity (Wildman–Crippen MR) is 64.3 cm³/mol. The van der Waals surface area contributed by atoms with Crippen LogP contribution in [0.15, 0.2) is 0 Å². The Morgan fingerprint density at radius 1 is 1.33 bits per heavy atom. The van der Waals surface area contributed by atoms with Crippen LogP contribution in [0.2, 0.25) is 0 Å². The van der Waals surface area contributed by atoms with E-state index < -0.39 is 17.5 Å². The van der Waals surface area contributed by atoms with Crippen LogP contribution in [-0.4, -0.2) is 41.9 Å². The van der Waals surface area contributed by atoms with E-state index in [-0.39, 0.29) is 12.0 Å². The molecular weight excluding hydrogens is 236 g/mol. The number of urea groups is 1. The van der Waals surface area contributed by atoms with Gasteiger partial charge < -0.3 is 20.5 Å². The molecule has 0 aromatic heterocycles. The molecule has 2 fully saturated rings. The van der Waals surface area contributed by atoms with Crippen LogP contribution in [0.3, 0.4) is 0 Å². The summed E-state index contributed by atoms with van der Waals surface area (Å²) in [4.78, 5) is 23.1. The van der Waals surface area contributed by atoms with Crippen LogP contribution < -0.4 is 10.6 Å². The van der Waals surface area contributed by atoms with Crippen molar-refractivity contribution < 1.29 is 19.4 Å². The number of amides is 2. The summed E-state index contributed by atoms with van der Waals surface area (Å²) in [5.74, 6) is -0.927. The summed E-state index contributed by atoms with van der Waals surface area (Å²) in [5, 5.41) is 14.6. The molecule has 102 valence electrons. The molecule has 2 amide bonds. The molecule has 1 saturated carbocycles. The number of hydrogen-bond donors (Lipinski definition) is 3. The summed E-state index contributed by atoms with van der Waals surface area (Å²) in [6, 6.07) is -0.432. The van der Waals surface area contributed by atoms with Crippen LogP contribution in [-0.2, 0) is 9.53 Å². The van der Waals surface area contributed by atoms with Gasteiger partial charge >= 0.3 is 12.0 Å². The van der Waals surface area contributed by atoms with Gasteiger partial charge in [-0.15, -0.1) is 0 Å². The molecule has 1 saturated heterocycles. The van der Waals surface area contributed by atoms with E-state index in [0.29, 0.717) is 6.61 Å². The first-order chi connectivity index (χ1) is 8.52. The maximum Gasteiger partial charge on any atom is 0.329 e. The summed E-state index contributed by atoms with van der Waals surface area (Å²) in [6.07, 6.45) is 3.51. The van der Waals surface area contributed by atoms with Crippen LogP contribution in [0.5, 0.6) is 0 Å². The van der Waals surface area contributed by atoms with E-state index in [1.165, 1.54) is 0 Å². The monoisotopic (exact) mass is 256 g/mol. The van der Waals surface area contributed by atoms with Gasteiger partial charge in [0.05, 0.1) is 12.6 Å². The van der Waals surface area contributed by atoms with E-state index in [2.05, 4.69) is 10.6 Å². The summed E-state index contributed by atoms with van der Waals surface area (Å²) >= 11 is 0. The van der Waals surface area contributed by atoms with Crippen LogP contribution in [0.25, 0.3) is 0 Å². The molecule has 6 heteroatoms. The quantitative estimate of drug-likeness (QED) is 0.691. The van der Waals surface area contributed by atoms with Crippen molar-refractivity contribution in [3.8, 4) is 0 Å². The summed E-state index contributed by atoms with van der Waals surface area (Å²) in [7, 11) is 0. The molecule has 0 spiro atoms. The summed E-state index contributed by atoms with van der Waals surface area (Å²) < 4.78 is 5.26. The molecule has 1 heterocycles. The third-order valence-electron chi connectivity index (χ3n) is 3.71. The Morgan fingerprint density at radius 3 is 2.56 bits per heavy atom. The van der Waals surface area contributed by atoms with Crippen LogP contribution in [0.1, 0.15) is 32.6 Å². The van der Waals surface area contributed by atoms with Crippen molar-refractivity contribution in [2.45, 2.75) is 44.2 Å². The maximum absolute atomic E-state index is 11.8. The fourth-order valence-electron chi connectivity index (χ4n) is 2.30. The Morgan fingerprint density at radius 2 is 2.06 bits per heavy atom. The second kappa shape index (κ2) is 5.14. The van der Waals surface area contributed by atoms with Gasteiger partial charge in [-0.25, -0.2) is 9.59 Å². The number of hydrogen-bond acceptors (Lipinski definition) is 3. The maximum atomic E-state index is 11.8. The predicted octanol–water partition coefficient (Wildman–Crippen LogP) is 0.718. The molecule has 3 N–H and O–H groups in total. The van der Waals surface area contributed by atoms with Crippen LogP contribution in [0, 0.1) is 5.92 Å². The lowest BCUT2D eigenvalue weighted by Crippen LogP contribution is -2.58. The Balaban J connectivity index is 1.86. The number of rotatable bonds is 4. The number of carboxylic acid groups (broad SMARTS) is 1. The fourth-order valence-corrected chi connectivity index (χ4v) is 2.30. The Bertz CT molecular complexity index is 337. The Kier molecular flexibility index (Phi) is 3.75. The molecule has 2 rings (SSSR count). The van der Waals surface area contributed by atoms with Gasteiger partial charge in [-0.2, -0.15) is 0 Å². The average molecular weight is 256 g/mol. The van der Waals surface area contributed by atoms with Gasteiger partial charge in [0, 0.05) is 6.61 Å². The Labute approximate surface area is 106 Å². The molecule has 0 aromatic carbocycles. The third-order valence-corrected chi connectivity index (χ3v) is 3.71. The molecule has 1 aliphatic carbocycles. The van der Waals surface area contributed by atoms with Crippen molar-refractivity contribution in [3.05, 3.63) is 0 Å². The first-order valence-corrected chi connectivity index (χ1v) is 6.42. The van der Waals surface area contributed by atoms with Crippen molar-refractivity contribution >= 4 is 12.0 Å². The van der Waals surface area contributed by atoms with E-state index in [4.69, 9.17) is 4.74 Å². The highest BCUT2D eigenvalue weighted by atomic mass is 16.5. The van der Waals surface area contributed by atoms with Crippen molar-refractivity contribution in [1.82, 2.24) is 10.6 Å². The normalized spacial score (nSPS) is 27.1. The average Bonchev–Trinajstić information content (AvgIpc) is 3.13. The van der Waals surface area contributed by atoms with Crippen LogP contribution >= 0.6 is 0 Å². The molecule has 6 nitrogen and oxygen atoms in total. The van der Waals surface area contributed by atoms with Gasteiger partial charge in [0.15, 0.2) is 0 Å². The molecule has 0 aromatic rings. The van der Waals surface area contributed by atoms with Crippen molar-refractivity contribution in [2.75, 3.05) is 13.2 Å². The van der Waals surface area contributed by atoms with Gasteiger partial charge in [-0.1, -0.05) is 0 Å². The van der Waals surface area contributed by atoms with Crippen LogP contribution in [0.4, 0.5) is 4.79 Å². The first kappa shape index (κ1) is 13.1. The van der Waals surface area contributed by atoms with E-state index in [1.54, 1.807) is 6.92 Å². The third kappa shape index (κ3) is 2.93. The lowest BCUT2D eigenvalue weighted by atomic mass is 9.96. The van der Waals surface area contributed by atoms with Gasteiger partial charge in [-0.3, -0.25) is 0 Å². The highest BCUT2D eigenvalue weighted by molar-refractivity contribution is 5.86. The molecule has 2 unspecified atom stereocenters. The molecule has 1 aliphatic heterocycles. The zero-order valence-electron chi connectivity index (χ0n) is 10.6. The van der Waals surface area contributed by atoms with Gasteiger partial charge in [0.2, 0.25) is 0 Å². The number of carbonyl (C=O) groups excluding carboxylic acids is 1. The van der Waals surface area contributed by atoms with Gasteiger partial charge in [0.25, 0.3) is 0 Å². The number of aliphatic carboxylic acids is 1. The molecule has 2 aliphatic rings. The van der Waals surface area contributed by atoms with E-state index in [9.17, 15) is 14.7 Å². The zero-order chi connectivity index (χ0) is 13.2. The van der Waals surface area contributed by atoms with Gasteiger partial charge in [-0.05, 0) is 38.5 Å². The second-order valence-corrected chi connectivity index (χ2v) is 5.29. The zero-order valence-corrected chi connectivity index (χ0v) is 10.6. The van der Waals surface area contributed by atoms with E-state index in [1.807, 2.05) is 0 Å². The number of carboxylic acids is 1. The minimum atomic E-state index is -1.15. The lowest BCUT2D eigenvalue weighted by Gasteiger charge is -2.29. The standard InChI is InChI=1S/C12H20N2O4/c1-12(10(15)16,8-4-5-8)14-11(17)13-9-3-2-6-18-7-9/h8-9H,2-7H2,1H3,(H,15,16)(H2,13,14,17). The van der Waals surface area contributed by atoms with Gasteiger partial charge in [0.1, 0.15) is 5.54 Å². The molecule has 2 atom stereocenters. The second-order valence-electron chi connectivity index (χ2n) is 5.29. The molecule has 0 bridgehead atoms. The SMILES string of the molecule is CC(NC(=O)NC1CCCOC1)(C(=O)O)C1CC1. The lowest BCUT2D eigenvalue weighted by molar-refractivity contribution is -0.144. The van der Waals surface area contributed by atoms with E-state index in [0.717, 1.165) is 32.3 Å². The highest BCUT2D eigenvalue weighted by Gasteiger charge is 2.48. The number of nitrogens with one attached hydrogen (secondary N) is 2. The van der Waals surface area contributed by atoms with Crippen molar-refractivity contribution in [2.24, 2.45) is 5.92 Å². The minimum absolute atomic E-state index is 0.0176. The number of ether oxygens (including phenoxy) is 1. The Hall–Kier alpha value is -1.30. The number of carbonyl (C=O) groups is 2. The van der Waals surface area contributed by atoms with E-state index >= 15 is 0 Å². The summed E-state index contributed by atoms with van der Waals surface area (Å²) in [5.41, 5.74) is -1.15. The minimum Gasteiger partial charge on any atom is -0.480 e. The first-order valence-electron chi connectivity index (χ1n) is 6.42. The van der Waals surface area contributed by atoms with Crippen molar-refractivity contribution in [3.63, 3.8) is 0 Å². The highest BCUT2D eigenvalue weighted by Crippen LogP contribution is 2.39. The molecule has 18 heavy (non-hydrogen) atoms. The fraction of sp³-hybridized carbons (Fsp3) is 0.833. The largest absolute Gasteiger partial charge is 0.480 e. The summed E-state index contributed by atoms with van der Waals surface area (Å²) in [6.45, 7) is 2.80. The van der Waals surface area contributed by atoms with Crippen molar-refractivity contribution in [1.29, 1.82) is 0 Å². The molecular formula is C12H20N2O4.